The van der Waals surface area contributed by atoms with Crippen LogP contribution < -0.4 is 5.32 Å². The number of amides is 1. The van der Waals surface area contributed by atoms with Crippen molar-refractivity contribution < 1.29 is 14.3 Å². The van der Waals surface area contributed by atoms with Crippen LogP contribution >= 0.6 is 11.8 Å². The van der Waals surface area contributed by atoms with E-state index in [2.05, 4.69) is 10.3 Å². The van der Waals surface area contributed by atoms with Gasteiger partial charge < -0.3 is 19.4 Å². The molecule has 7 heteroatoms. The number of aliphatic hydroxyl groups is 1. The highest BCUT2D eigenvalue weighted by Gasteiger charge is 2.15. The number of aryl methyl sites for hydroxylation is 1. The summed E-state index contributed by atoms with van der Waals surface area (Å²) < 4.78 is 7.45. The second-order valence-electron chi connectivity index (χ2n) is 5.40. The van der Waals surface area contributed by atoms with Crippen molar-refractivity contribution in [2.45, 2.75) is 30.9 Å². The molecule has 0 spiro atoms. The van der Waals surface area contributed by atoms with Gasteiger partial charge in [-0.1, -0.05) is 25.6 Å². The van der Waals surface area contributed by atoms with E-state index in [0.717, 1.165) is 5.16 Å². The fourth-order valence-electron chi connectivity index (χ4n) is 1.72. The van der Waals surface area contributed by atoms with Crippen LogP contribution in [0.25, 0.3) is 0 Å². The highest BCUT2D eigenvalue weighted by atomic mass is 32.2. The van der Waals surface area contributed by atoms with Gasteiger partial charge in [-0.15, -0.1) is 0 Å². The predicted octanol–water partition coefficient (Wildman–Crippen LogP) is 2.05. The zero-order valence-corrected chi connectivity index (χ0v) is 13.8. The first kappa shape index (κ1) is 16.6. The van der Waals surface area contributed by atoms with Gasteiger partial charge in [0.25, 0.3) is 5.91 Å². The van der Waals surface area contributed by atoms with Crippen molar-refractivity contribution in [3.63, 3.8) is 0 Å². The molecule has 1 unspecified atom stereocenters. The summed E-state index contributed by atoms with van der Waals surface area (Å²) in [5, 5.41) is 13.2. The Morgan fingerprint density at radius 2 is 2.27 bits per heavy atom. The van der Waals surface area contributed by atoms with Crippen molar-refractivity contribution in [1.82, 2.24) is 14.9 Å². The Morgan fingerprint density at radius 1 is 1.50 bits per heavy atom. The van der Waals surface area contributed by atoms with Gasteiger partial charge in [0.1, 0.15) is 5.76 Å². The number of carbonyl (C=O) groups excluding carboxylic acids is 1. The largest absolute Gasteiger partial charge is 0.455 e. The molecule has 22 heavy (non-hydrogen) atoms. The summed E-state index contributed by atoms with van der Waals surface area (Å²) in [5.41, 5.74) is 0. The van der Waals surface area contributed by atoms with Gasteiger partial charge in [0.05, 0.1) is 11.9 Å². The number of rotatable bonds is 7. The van der Waals surface area contributed by atoms with Gasteiger partial charge in [0, 0.05) is 26.0 Å². The Kier molecular flexibility index (Phi) is 5.68. The van der Waals surface area contributed by atoms with E-state index in [1.54, 1.807) is 30.1 Å². The molecule has 0 radical (unpaired) electrons. The zero-order chi connectivity index (χ0) is 16.1. The standard InChI is InChI=1S/C15H21N3O3S/c1-10(2)12(19)8-17-14(20)13-5-4-11(21-13)9-22-15-16-6-7-18(15)3/h4-7,10,12,19H,8-9H2,1-3H3,(H,17,20). The van der Waals surface area contributed by atoms with Gasteiger partial charge in [0.15, 0.2) is 10.9 Å². The van der Waals surface area contributed by atoms with E-state index in [-0.39, 0.29) is 24.1 Å². The number of thioether (sulfide) groups is 1. The summed E-state index contributed by atoms with van der Waals surface area (Å²) in [6, 6.07) is 3.43. The van der Waals surface area contributed by atoms with E-state index in [1.165, 1.54) is 0 Å². The SMILES string of the molecule is CC(C)C(O)CNC(=O)c1ccc(CSc2nccn2C)o1. The maximum Gasteiger partial charge on any atom is 0.287 e. The third-order valence-electron chi connectivity index (χ3n) is 3.25. The number of hydrogen-bond acceptors (Lipinski definition) is 5. The second-order valence-corrected chi connectivity index (χ2v) is 6.34. The molecule has 0 aliphatic heterocycles. The number of hydrogen-bond donors (Lipinski definition) is 2. The van der Waals surface area contributed by atoms with Crippen LogP contribution in [0.3, 0.4) is 0 Å². The molecule has 120 valence electrons. The summed E-state index contributed by atoms with van der Waals surface area (Å²) in [7, 11) is 1.93. The number of furan rings is 1. The first-order valence-corrected chi connectivity index (χ1v) is 8.11. The molecule has 6 nitrogen and oxygen atoms in total. The highest BCUT2D eigenvalue weighted by Crippen LogP contribution is 2.21. The topological polar surface area (TPSA) is 80.3 Å². The summed E-state index contributed by atoms with van der Waals surface area (Å²) in [4.78, 5) is 16.1. The summed E-state index contributed by atoms with van der Waals surface area (Å²) in [6.07, 6.45) is 3.06. The average molecular weight is 323 g/mol. The Labute approximate surface area is 133 Å². The van der Waals surface area contributed by atoms with Crippen molar-refractivity contribution in [2.75, 3.05) is 6.54 Å². The van der Waals surface area contributed by atoms with Crippen LogP contribution in [0.4, 0.5) is 0 Å². The van der Waals surface area contributed by atoms with Crippen molar-refractivity contribution in [1.29, 1.82) is 0 Å². The lowest BCUT2D eigenvalue weighted by Crippen LogP contribution is -2.34. The van der Waals surface area contributed by atoms with Crippen LogP contribution in [0, 0.1) is 5.92 Å². The Hall–Kier alpha value is -1.73. The molecule has 1 atom stereocenters. The van der Waals surface area contributed by atoms with Crippen LogP contribution in [-0.2, 0) is 12.8 Å². The van der Waals surface area contributed by atoms with Gasteiger partial charge in [-0.25, -0.2) is 4.98 Å². The Morgan fingerprint density at radius 3 is 2.91 bits per heavy atom. The van der Waals surface area contributed by atoms with Crippen molar-refractivity contribution in [3.8, 4) is 0 Å². The number of nitrogens with one attached hydrogen (secondary N) is 1. The third kappa shape index (κ3) is 4.38. The molecule has 2 rings (SSSR count). The van der Waals surface area contributed by atoms with E-state index in [0.29, 0.717) is 11.5 Å². The maximum absolute atomic E-state index is 11.9. The normalized spacial score (nSPS) is 12.6. The molecule has 2 aromatic rings. The molecule has 0 aliphatic rings. The van der Waals surface area contributed by atoms with Crippen LogP contribution in [-0.4, -0.2) is 33.2 Å². The van der Waals surface area contributed by atoms with Gasteiger partial charge >= 0.3 is 0 Å². The van der Waals surface area contributed by atoms with Gasteiger partial charge in [0.2, 0.25) is 0 Å². The molecular weight excluding hydrogens is 302 g/mol. The van der Waals surface area contributed by atoms with Gasteiger partial charge in [-0.2, -0.15) is 0 Å². The van der Waals surface area contributed by atoms with E-state index in [1.807, 2.05) is 31.7 Å². The van der Waals surface area contributed by atoms with Crippen LogP contribution in [0.5, 0.6) is 0 Å². The van der Waals surface area contributed by atoms with Crippen LogP contribution in [0.15, 0.2) is 34.1 Å². The van der Waals surface area contributed by atoms with Crippen molar-refractivity contribution >= 4 is 17.7 Å². The first-order valence-electron chi connectivity index (χ1n) is 7.12. The lowest BCUT2D eigenvalue weighted by Gasteiger charge is -2.14. The van der Waals surface area contributed by atoms with Crippen molar-refractivity contribution in [2.24, 2.45) is 13.0 Å². The highest BCUT2D eigenvalue weighted by molar-refractivity contribution is 7.98. The monoisotopic (exact) mass is 323 g/mol. The number of nitrogens with zero attached hydrogens (tertiary/aromatic N) is 2. The summed E-state index contributed by atoms with van der Waals surface area (Å²) in [5.74, 6) is 1.36. The second kappa shape index (κ2) is 7.51. The minimum Gasteiger partial charge on any atom is -0.455 e. The van der Waals surface area contributed by atoms with E-state index < -0.39 is 6.10 Å². The molecule has 0 fully saturated rings. The molecule has 1 amide bonds. The summed E-state index contributed by atoms with van der Waals surface area (Å²) in [6.45, 7) is 4.02. The van der Waals surface area contributed by atoms with Crippen LogP contribution in [0.2, 0.25) is 0 Å². The lowest BCUT2D eigenvalue weighted by atomic mass is 10.1. The zero-order valence-electron chi connectivity index (χ0n) is 12.9. The molecule has 0 bridgehead atoms. The number of aromatic nitrogens is 2. The smallest absolute Gasteiger partial charge is 0.287 e. The van der Waals surface area contributed by atoms with E-state index >= 15 is 0 Å². The molecular formula is C15H21N3O3S. The molecule has 0 aromatic carbocycles. The lowest BCUT2D eigenvalue weighted by molar-refractivity contribution is 0.0845. The molecule has 0 aliphatic carbocycles. The maximum atomic E-state index is 11.9. The molecule has 2 aromatic heterocycles. The minimum atomic E-state index is -0.558. The quantitative estimate of drug-likeness (QED) is 0.762. The van der Waals surface area contributed by atoms with Gasteiger partial charge in [-0.3, -0.25) is 4.79 Å². The fraction of sp³-hybridized carbons (Fsp3) is 0.467. The van der Waals surface area contributed by atoms with E-state index in [9.17, 15) is 9.90 Å². The first-order chi connectivity index (χ1) is 10.5. The van der Waals surface area contributed by atoms with Crippen LogP contribution in [0.1, 0.15) is 30.2 Å². The number of carbonyl (C=O) groups is 1. The summed E-state index contributed by atoms with van der Waals surface area (Å²) >= 11 is 1.54. The Bertz CT molecular complexity index is 621. The van der Waals surface area contributed by atoms with Crippen molar-refractivity contribution in [3.05, 3.63) is 36.0 Å². The molecule has 0 saturated heterocycles. The minimum absolute atomic E-state index is 0.0987. The molecule has 2 N–H and O–H groups in total. The van der Waals surface area contributed by atoms with Gasteiger partial charge in [-0.05, 0) is 18.1 Å². The molecule has 2 heterocycles. The molecule has 0 saturated carbocycles. The van der Waals surface area contributed by atoms with E-state index in [4.69, 9.17) is 4.42 Å². The average Bonchev–Trinajstić information content (AvgIpc) is 3.11. The number of aliphatic hydroxyl groups excluding tert-OH is 1. The number of imidazole rings is 1. The Balaban J connectivity index is 1.85. The predicted molar refractivity (Wildman–Crippen MR) is 84.7 cm³/mol. The fourth-order valence-corrected chi connectivity index (χ4v) is 2.55. The third-order valence-corrected chi connectivity index (χ3v) is 4.33.